The van der Waals surface area contributed by atoms with E-state index < -0.39 is 6.17 Å². The minimum Gasteiger partial charge on any atom is -0.489 e. The largest absolute Gasteiger partial charge is 0.489 e. The van der Waals surface area contributed by atoms with Crippen LogP contribution in [0.15, 0.2) is 60.7 Å². The molecule has 0 bridgehead atoms. The Kier molecular flexibility index (Phi) is 8.73. The summed E-state index contributed by atoms with van der Waals surface area (Å²) in [4.78, 5) is 0. The molecular weight excluding hydrogens is 322 g/mol. The van der Waals surface area contributed by atoms with E-state index in [1.807, 2.05) is 24.3 Å². The zero-order chi connectivity index (χ0) is 18.6. The maximum atomic E-state index is 5.99. The summed E-state index contributed by atoms with van der Waals surface area (Å²) in [5.74, 6) is 0.852. The Bertz CT molecular complexity index is 668. The maximum Gasteiger partial charge on any atom is 0.129 e. The molecule has 0 atom stereocenters. The standard InChI is InChI=1S/C22H31N3O/c1-2-3-4-8-15-25-19-13-14-20(18-10-6-5-7-11-18)21(17-19)26-16-9-12-22(23)24/h5-7,9-14,17,22,25H,2-4,8,15-16,23-24H2,1H3/b12-9-. The number of hydrogen-bond acceptors (Lipinski definition) is 4. The van der Waals surface area contributed by atoms with E-state index in [0.29, 0.717) is 6.61 Å². The Morgan fingerprint density at radius 1 is 1.04 bits per heavy atom. The Labute approximate surface area is 157 Å². The van der Waals surface area contributed by atoms with Gasteiger partial charge in [0, 0.05) is 23.9 Å². The zero-order valence-corrected chi connectivity index (χ0v) is 15.7. The maximum absolute atomic E-state index is 5.99. The van der Waals surface area contributed by atoms with Crippen LogP contribution in [0.1, 0.15) is 32.6 Å². The third kappa shape index (κ3) is 6.90. The number of unbranched alkanes of at least 4 members (excludes halogenated alkanes) is 3. The van der Waals surface area contributed by atoms with Gasteiger partial charge >= 0.3 is 0 Å². The van der Waals surface area contributed by atoms with Crippen LogP contribution in [0.2, 0.25) is 0 Å². The third-order valence-electron chi connectivity index (χ3n) is 4.12. The lowest BCUT2D eigenvalue weighted by atomic mass is 10.0. The summed E-state index contributed by atoms with van der Waals surface area (Å²) in [5.41, 5.74) is 14.4. The molecule has 2 rings (SSSR count). The van der Waals surface area contributed by atoms with E-state index in [-0.39, 0.29) is 0 Å². The highest BCUT2D eigenvalue weighted by Crippen LogP contribution is 2.32. The van der Waals surface area contributed by atoms with Gasteiger partial charge in [0.25, 0.3) is 0 Å². The van der Waals surface area contributed by atoms with E-state index in [2.05, 4.69) is 42.6 Å². The summed E-state index contributed by atoms with van der Waals surface area (Å²) in [6, 6.07) is 16.5. The molecule has 0 aromatic heterocycles. The summed E-state index contributed by atoms with van der Waals surface area (Å²) in [5, 5.41) is 3.49. The van der Waals surface area contributed by atoms with Crippen molar-refractivity contribution in [3.63, 3.8) is 0 Å². The highest BCUT2D eigenvalue weighted by molar-refractivity contribution is 5.73. The minimum absolute atomic E-state index is 0.435. The summed E-state index contributed by atoms with van der Waals surface area (Å²) in [6.07, 6.45) is 8.12. The van der Waals surface area contributed by atoms with Gasteiger partial charge in [-0.15, -0.1) is 0 Å². The lowest BCUT2D eigenvalue weighted by Crippen LogP contribution is -2.27. The van der Waals surface area contributed by atoms with Crippen LogP contribution >= 0.6 is 0 Å². The van der Waals surface area contributed by atoms with Gasteiger partial charge in [-0.05, 0) is 30.2 Å². The number of benzene rings is 2. The van der Waals surface area contributed by atoms with E-state index >= 15 is 0 Å². The molecule has 5 N–H and O–H groups in total. The summed E-state index contributed by atoms with van der Waals surface area (Å²) in [6.45, 7) is 3.64. The molecule has 2 aromatic carbocycles. The Balaban J connectivity index is 2.09. The molecule has 0 fully saturated rings. The molecule has 4 heteroatoms. The van der Waals surface area contributed by atoms with Crippen molar-refractivity contribution in [2.75, 3.05) is 18.5 Å². The van der Waals surface area contributed by atoms with E-state index in [1.54, 1.807) is 6.08 Å². The van der Waals surface area contributed by atoms with Crippen molar-refractivity contribution < 1.29 is 4.74 Å². The van der Waals surface area contributed by atoms with Gasteiger partial charge in [0.2, 0.25) is 0 Å². The highest BCUT2D eigenvalue weighted by atomic mass is 16.5. The van der Waals surface area contributed by atoms with Crippen LogP contribution in [0, 0.1) is 0 Å². The molecule has 0 aliphatic heterocycles. The Morgan fingerprint density at radius 2 is 1.85 bits per heavy atom. The predicted molar refractivity (Wildman–Crippen MR) is 111 cm³/mol. The molecular formula is C22H31N3O. The fourth-order valence-corrected chi connectivity index (χ4v) is 2.74. The van der Waals surface area contributed by atoms with Crippen LogP contribution < -0.4 is 21.5 Å². The molecule has 26 heavy (non-hydrogen) atoms. The van der Waals surface area contributed by atoms with Crippen LogP contribution in [0.3, 0.4) is 0 Å². The SMILES string of the molecule is CCCCCCNc1ccc(-c2ccccc2)c(OC/C=C\C(N)N)c1. The molecule has 0 saturated carbocycles. The van der Waals surface area contributed by atoms with Gasteiger partial charge < -0.3 is 21.5 Å². The van der Waals surface area contributed by atoms with Gasteiger partial charge in [-0.2, -0.15) is 0 Å². The number of hydrogen-bond donors (Lipinski definition) is 3. The Morgan fingerprint density at radius 3 is 2.58 bits per heavy atom. The van der Waals surface area contributed by atoms with Crippen LogP contribution in [-0.2, 0) is 0 Å². The monoisotopic (exact) mass is 353 g/mol. The first kappa shape index (κ1) is 20.0. The molecule has 0 saturated heterocycles. The van der Waals surface area contributed by atoms with Gasteiger partial charge in [-0.25, -0.2) is 0 Å². The minimum atomic E-state index is -0.455. The summed E-state index contributed by atoms with van der Waals surface area (Å²) >= 11 is 0. The number of nitrogens with one attached hydrogen (secondary N) is 1. The molecule has 0 radical (unpaired) electrons. The van der Waals surface area contributed by atoms with Gasteiger partial charge in [0.05, 0.1) is 6.17 Å². The lowest BCUT2D eigenvalue weighted by molar-refractivity contribution is 0.364. The number of ether oxygens (including phenoxy) is 1. The van der Waals surface area contributed by atoms with Crippen molar-refractivity contribution in [2.24, 2.45) is 11.5 Å². The number of nitrogens with two attached hydrogens (primary N) is 2. The average Bonchev–Trinajstić information content (AvgIpc) is 2.66. The van der Waals surface area contributed by atoms with Crippen LogP contribution in [0.5, 0.6) is 5.75 Å². The first-order valence-corrected chi connectivity index (χ1v) is 9.44. The number of rotatable bonds is 11. The van der Waals surface area contributed by atoms with Crippen molar-refractivity contribution in [1.29, 1.82) is 0 Å². The summed E-state index contributed by atoms with van der Waals surface area (Å²) < 4.78 is 5.99. The normalized spacial score (nSPS) is 11.2. The smallest absolute Gasteiger partial charge is 0.129 e. The van der Waals surface area contributed by atoms with E-state index in [1.165, 1.54) is 25.7 Å². The van der Waals surface area contributed by atoms with Crippen molar-refractivity contribution >= 4 is 5.69 Å². The second kappa shape index (κ2) is 11.3. The lowest BCUT2D eigenvalue weighted by Gasteiger charge is -2.14. The molecule has 140 valence electrons. The van der Waals surface area contributed by atoms with E-state index in [4.69, 9.17) is 16.2 Å². The van der Waals surface area contributed by atoms with Gasteiger partial charge in [-0.3, -0.25) is 0 Å². The molecule has 0 aliphatic rings. The molecule has 0 aliphatic carbocycles. The molecule has 2 aromatic rings. The molecule has 0 spiro atoms. The number of anilines is 1. The predicted octanol–water partition coefficient (Wildman–Crippen LogP) is 4.52. The quantitative estimate of drug-likeness (QED) is 0.315. The topological polar surface area (TPSA) is 73.3 Å². The summed E-state index contributed by atoms with van der Waals surface area (Å²) in [7, 11) is 0. The van der Waals surface area contributed by atoms with Gasteiger partial charge in [0.1, 0.15) is 12.4 Å². The van der Waals surface area contributed by atoms with Crippen LogP contribution in [0.4, 0.5) is 5.69 Å². The first-order valence-electron chi connectivity index (χ1n) is 9.44. The highest BCUT2D eigenvalue weighted by Gasteiger charge is 2.07. The molecule has 0 amide bonds. The average molecular weight is 354 g/mol. The van der Waals surface area contributed by atoms with E-state index in [0.717, 1.165) is 29.1 Å². The Hall–Kier alpha value is -2.30. The molecule has 0 heterocycles. The fourth-order valence-electron chi connectivity index (χ4n) is 2.74. The van der Waals surface area contributed by atoms with Crippen molar-refractivity contribution in [3.05, 3.63) is 60.7 Å². The van der Waals surface area contributed by atoms with Gasteiger partial charge in [-0.1, -0.05) is 62.6 Å². The van der Waals surface area contributed by atoms with Crippen molar-refractivity contribution in [1.82, 2.24) is 0 Å². The fraction of sp³-hybridized carbons (Fsp3) is 0.364. The van der Waals surface area contributed by atoms with Crippen LogP contribution in [-0.4, -0.2) is 19.3 Å². The zero-order valence-electron chi connectivity index (χ0n) is 15.7. The second-order valence-corrected chi connectivity index (χ2v) is 6.38. The van der Waals surface area contributed by atoms with Gasteiger partial charge in [0.15, 0.2) is 0 Å². The first-order chi connectivity index (χ1) is 12.7. The molecule has 4 nitrogen and oxygen atoms in total. The van der Waals surface area contributed by atoms with E-state index in [9.17, 15) is 0 Å². The second-order valence-electron chi connectivity index (χ2n) is 6.38. The third-order valence-corrected chi connectivity index (χ3v) is 4.12. The van der Waals surface area contributed by atoms with Crippen molar-refractivity contribution in [2.45, 2.75) is 38.8 Å². The van der Waals surface area contributed by atoms with Crippen LogP contribution in [0.25, 0.3) is 11.1 Å². The molecule has 0 unspecified atom stereocenters. The van der Waals surface area contributed by atoms with Crippen molar-refractivity contribution in [3.8, 4) is 16.9 Å².